The van der Waals surface area contributed by atoms with E-state index in [4.69, 9.17) is 0 Å². The largest absolute Gasteiger partial charge is 0.396 e. The first-order valence-electron chi connectivity index (χ1n) is 9.89. The summed E-state index contributed by atoms with van der Waals surface area (Å²) >= 11 is 0. The molecule has 1 aromatic rings. The smallest absolute Gasteiger partial charge is 0.159 e. The van der Waals surface area contributed by atoms with Crippen LogP contribution in [0.5, 0.6) is 0 Å². The maximum atomic E-state index is 11.4. The predicted molar refractivity (Wildman–Crippen MR) is 104 cm³/mol. The average molecular weight is 360 g/mol. The molecule has 1 aromatic carbocycles. The van der Waals surface area contributed by atoms with Crippen LogP contribution in [0.4, 0.5) is 0 Å². The highest BCUT2D eigenvalue weighted by molar-refractivity contribution is 5.93. The highest BCUT2D eigenvalue weighted by atomic mass is 16.3. The molecular weight excluding hydrogens is 326 g/mol. The second-order valence-electron chi connectivity index (χ2n) is 8.11. The molecule has 2 atom stereocenters. The number of carbonyl (C=O) groups is 1. The lowest BCUT2D eigenvalue weighted by molar-refractivity contribution is 0.101. The second kappa shape index (κ2) is 9.09. The molecule has 0 saturated carbocycles. The summed E-state index contributed by atoms with van der Waals surface area (Å²) in [7, 11) is 2.20. The molecule has 26 heavy (non-hydrogen) atoms. The number of ketones is 1. The van der Waals surface area contributed by atoms with Crippen molar-refractivity contribution in [3.05, 3.63) is 35.4 Å². The summed E-state index contributed by atoms with van der Waals surface area (Å²) < 4.78 is 0. The second-order valence-corrected chi connectivity index (χ2v) is 8.11. The fraction of sp³-hybridized carbons (Fsp3) is 0.667. The molecule has 0 spiro atoms. The van der Waals surface area contributed by atoms with E-state index in [1.54, 1.807) is 6.92 Å². The van der Waals surface area contributed by atoms with Crippen LogP contribution in [0.3, 0.4) is 0 Å². The number of likely N-dealkylation sites (tertiary alicyclic amines) is 1. The van der Waals surface area contributed by atoms with Crippen LogP contribution >= 0.6 is 0 Å². The first-order valence-corrected chi connectivity index (χ1v) is 9.89. The van der Waals surface area contributed by atoms with Gasteiger partial charge in [0.1, 0.15) is 0 Å². The van der Waals surface area contributed by atoms with Gasteiger partial charge in [-0.15, -0.1) is 0 Å². The van der Waals surface area contributed by atoms with E-state index in [1.165, 1.54) is 25.1 Å². The van der Waals surface area contributed by atoms with E-state index in [-0.39, 0.29) is 12.4 Å². The summed E-state index contributed by atoms with van der Waals surface area (Å²) in [6.45, 7) is 10.5. The summed E-state index contributed by atoms with van der Waals surface area (Å²) in [6.07, 6.45) is 1.24. The van der Waals surface area contributed by atoms with Gasteiger partial charge in [0.2, 0.25) is 0 Å². The van der Waals surface area contributed by atoms with Gasteiger partial charge in [-0.25, -0.2) is 0 Å². The van der Waals surface area contributed by atoms with E-state index < -0.39 is 0 Å². The third kappa shape index (κ3) is 5.13. The fourth-order valence-electron chi connectivity index (χ4n) is 4.30. The van der Waals surface area contributed by atoms with Crippen LogP contribution in [-0.4, -0.2) is 85.1 Å². The number of likely N-dealkylation sites (N-methyl/N-ethyl adjacent to an activating group) is 1. The van der Waals surface area contributed by atoms with E-state index in [0.29, 0.717) is 11.8 Å². The summed E-state index contributed by atoms with van der Waals surface area (Å²) in [5.41, 5.74) is 2.01. The van der Waals surface area contributed by atoms with Crippen LogP contribution < -0.4 is 0 Å². The number of rotatable bonds is 6. The monoisotopic (exact) mass is 359 g/mol. The minimum atomic E-state index is 0.112. The Kier molecular flexibility index (Phi) is 6.81. The molecule has 5 heteroatoms. The number of hydrogen-bond donors (Lipinski definition) is 1. The Labute approximate surface area is 157 Å². The molecule has 144 valence electrons. The Balaban J connectivity index is 1.55. The van der Waals surface area contributed by atoms with Gasteiger partial charge in [-0.1, -0.05) is 24.3 Å². The number of benzene rings is 1. The molecule has 2 fully saturated rings. The van der Waals surface area contributed by atoms with Gasteiger partial charge < -0.3 is 14.9 Å². The zero-order chi connectivity index (χ0) is 18.5. The third-order valence-electron chi connectivity index (χ3n) is 5.96. The van der Waals surface area contributed by atoms with Crippen molar-refractivity contribution in [3.63, 3.8) is 0 Å². The Hall–Kier alpha value is -1.27. The van der Waals surface area contributed by atoms with Gasteiger partial charge in [-0.05, 0) is 50.9 Å². The fourth-order valence-corrected chi connectivity index (χ4v) is 4.30. The number of hydrogen-bond acceptors (Lipinski definition) is 5. The van der Waals surface area contributed by atoms with E-state index in [0.717, 1.165) is 44.8 Å². The van der Waals surface area contributed by atoms with Crippen molar-refractivity contribution in [1.82, 2.24) is 14.7 Å². The minimum absolute atomic E-state index is 0.112. The molecule has 2 heterocycles. The molecule has 1 N–H and O–H groups in total. The lowest BCUT2D eigenvalue weighted by Gasteiger charge is -2.26. The Morgan fingerprint density at radius 2 is 1.77 bits per heavy atom. The van der Waals surface area contributed by atoms with Gasteiger partial charge >= 0.3 is 0 Å². The van der Waals surface area contributed by atoms with Gasteiger partial charge in [0.25, 0.3) is 0 Å². The number of Topliss-reactive ketones (excluding diaryl/α,β-unsaturated/α-hetero) is 1. The first kappa shape index (κ1) is 19.5. The van der Waals surface area contributed by atoms with E-state index in [1.807, 2.05) is 12.1 Å². The van der Waals surface area contributed by atoms with E-state index >= 15 is 0 Å². The molecule has 3 rings (SSSR count). The number of aliphatic hydroxyl groups excluding tert-OH is 1. The van der Waals surface area contributed by atoms with Crippen molar-refractivity contribution >= 4 is 5.78 Å². The highest BCUT2D eigenvalue weighted by Gasteiger charge is 2.33. The molecule has 0 aromatic heterocycles. The summed E-state index contributed by atoms with van der Waals surface area (Å²) in [6, 6.07) is 7.95. The molecule has 2 saturated heterocycles. The van der Waals surface area contributed by atoms with Crippen molar-refractivity contribution in [2.45, 2.75) is 19.9 Å². The maximum absolute atomic E-state index is 11.4. The number of aliphatic hydroxyl groups is 1. The molecule has 0 unspecified atom stereocenters. The number of nitrogens with zero attached hydrogens (tertiary/aromatic N) is 3. The SMILES string of the molecule is CC(=O)c1ccc(CN2C[C@@H](CN3CCCN(C)CC3)[C@@H](CO)C2)cc1. The topological polar surface area (TPSA) is 47.0 Å². The highest BCUT2D eigenvalue weighted by Crippen LogP contribution is 2.26. The summed E-state index contributed by atoms with van der Waals surface area (Å²) in [5.74, 6) is 1.02. The maximum Gasteiger partial charge on any atom is 0.159 e. The van der Waals surface area contributed by atoms with Gasteiger partial charge in [0.05, 0.1) is 0 Å². The average Bonchev–Trinajstić information content (AvgIpc) is 2.88. The third-order valence-corrected chi connectivity index (χ3v) is 5.96. The molecule has 0 bridgehead atoms. The summed E-state index contributed by atoms with van der Waals surface area (Å²) in [5, 5.41) is 9.85. The molecule has 0 aliphatic carbocycles. The van der Waals surface area contributed by atoms with Crippen molar-refractivity contribution in [2.24, 2.45) is 11.8 Å². The first-order chi connectivity index (χ1) is 12.5. The van der Waals surface area contributed by atoms with Crippen molar-refractivity contribution in [1.29, 1.82) is 0 Å². The molecular formula is C21H33N3O2. The Bertz CT molecular complexity index is 589. The van der Waals surface area contributed by atoms with Gasteiger partial charge in [0, 0.05) is 51.4 Å². The molecule has 2 aliphatic rings. The van der Waals surface area contributed by atoms with Gasteiger partial charge in [-0.2, -0.15) is 0 Å². The van der Waals surface area contributed by atoms with E-state index in [2.05, 4.69) is 33.9 Å². The van der Waals surface area contributed by atoms with Gasteiger partial charge in [0.15, 0.2) is 5.78 Å². The van der Waals surface area contributed by atoms with Crippen molar-refractivity contribution < 1.29 is 9.90 Å². The van der Waals surface area contributed by atoms with Crippen LogP contribution in [0, 0.1) is 11.8 Å². The van der Waals surface area contributed by atoms with Crippen molar-refractivity contribution in [3.8, 4) is 0 Å². The summed E-state index contributed by atoms with van der Waals surface area (Å²) in [4.78, 5) is 18.9. The minimum Gasteiger partial charge on any atom is -0.396 e. The van der Waals surface area contributed by atoms with Crippen LogP contribution in [0.2, 0.25) is 0 Å². The normalized spacial score (nSPS) is 26.1. The Morgan fingerprint density at radius 3 is 2.46 bits per heavy atom. The zero-order valence-electron chi connectivity index (χ0n) is 16.2. The zero-order valence-corrected chi connectivity index (χ0v) is 16.2. The quantitative estimate of drug-likeness (QED) is 0.781. The van der Waals surface area contributed by atoms with Crippen LogP contribution in [-0.2, 0) is 6.54 Å². The predicted octanol–water partition coefficient (Wildman–Crippen LogP) is 1.57. The Morgan fingerprint density at radius 1 is 1.04 bits per heavy atom. The van der Waals surface area contributed by atoms with Crippen LogP contribution in [0.25, 0.3) is 0 Å². The van der Waals surface area contributed by atoms with E-state index in [9.17, 15) is 9.90 Å². The lowest BCUT2D eigenvalue weighted by Crippen LogP contribution is -2.36. The van der Waals surface area contributed by atoms with Crippen LogP contribution in [0.1, 0.15) is 29.3 Å². The molecule has 0 radical (unpaired) electrons. The van der Waals surface area contributed by atoms with Crippen LogP contribution in [0.15, 0.2) is 24.3 Å². The van der Waals surface area contributed by atoms with Gasteiger partial charge in [-0.3, -0.25) is 9.69 Å². The molecule has 0 amide bonds. The lowest BCUT2D eigenvalue weighted by atomic mass is 9.96. The molecule has 2 aliphatic heterocycles. The molecule has 5 nitrogen and oxygen atoms in total. The standard InChI is InChI=1S/C21H33N3O2/c1-17(26)19-6-4-18(5-7-19)12-24-14-20(21(15-24)16-25)13-23-9-3-8-22(2)10-11-23/h4-7,20-21,25H,3,8-16H2,1-2H3/t20-,21-/m1/s1. The van der Waals surface area contributed by atoms with Crippen molar-refractivity contribution in [2.75, 3.05) is 59.5 Å². The number of carbonyl (C=O) groups excluding carboxylic acids is 1.